The van der Waals surface area contributed by atoms with Gasteiger partial charge in [-0.15, -0.1) is 11.3 Å². The van der Waals surface area contributed by atoms with E-state index in [2.05, 4.69) is 44.8 Å². The Balaban J connectivity index is 2.20. The van der Waals surface area contributed by atoms with Crippen LogP contribution in [0.15, 0.2) is 32.5 Å². The third-order valence-electron chi connectivity index (χ3n) is 2.93. The maximum absolute atomic E-state index is 6.30. The molecule has 5 heteroatoms. The van der Waals surface area contributed by atoms with Crippen LogP contribution < -0.4 is 10.5 Å². The molecule has 2 N–H and O–H groups in total. The van der Waals surface area contributed by atoms with E-state index in [-0.39, 0.29) is 6.04 Å². The summed E-state index contributed by atoms with van der Waals surface area (Å²) in [4.78, 5) is 1.19. The summed E-state index contributed by atoms with van der Waals surface area (Å²) in [5.41, 5.74) is 8.69. The van der Waals surface area contributed by atoms with Crippen LogP contribution in [0.2, 0.25) is 0 Å². The SMILES string of the molecule is COc1ccc(Br)c(CC(N)c2cc(C)c(Br)s2)c1. The van der Waals surface area contributed by atoms with Crippen molar-refractivity contribution in [2.24, 2.45) is 5.73 Å². The minimum Gasteiger partial charge on any atom is -0.497 e. The highest BCUT2D eigenvalue weighted by atomic mass is 79.9. The Hall–Kier alpha value is -0.360. The van der Waals surface area contributed by atoms with Gasteiger partial charge in [0, 0.05) is 15.4 Å². The van der Waals surface area contributed by atoms with Crippen molar-refractivity contribution in [2.75, 3.05) is 7.11 Å². The van der Waals surface area contributed by atoms with Gasteiger partial charge in [-0.3, -0.25) is 0 Å². The molecule has 2 rings (SSSR count). The number of hydrogen-bond donors (Lipinski definition) is 1. The van der Waals surface area contributed by atoms with Gasteiger partial charge in [0.2, 0.25) is 0 Å². The summed E-state index contributed by atoms with van der Waals surface area (Å²) in [7, 11) is 1.67. The standard InChI is InChI=1S/C14H15Br2NOS/c1-8-5-13(19-14(8)16)12(17)7-9-6-10(18-2)3-4-11(9)15/h3-6,12H,7,17H2,1-2H3. The first-order valence-electron chi connectivity index (χ1n) is 5.85. The predicted molar refractivity (Wildman–Crippen MR) is 88.1 cm³/mol. The number of thiophene rings is 1. The van der Waals surface area contributed by atoms with Gasteiger partial charge >= 0.3 is 0 Å². The summed E-state index contributed by atoms with van der Waals surface area (Å²) < 4.78 is 7.47. The molecule has 2 nitrogen and oxygen atoms in total. The van der Waals surface area contributed by atoms with Gasteiger partial charge in [0.1, 0.15) is 5.75 Å². The first-order valence-corrected chi connectivity index (χ1v) is 8.25. The highest BCUT2D eigenvalue weighted by Gasteiger charge is 2.14. The molecule has 1 aromatic carbocycles. The highest BCUT2D eigenvalue weighted by molar-refractivity contribution is 9.11. The Morgan fingerprint density at radius 1 is 1.32 bits per heavy atom. The van der Waals surface area contributed by atoms with Crippen molar-refractivity contribution < 1.29 is 4.74 Å². The third kappa shape index (κ3) is 3.60. The summed E-state index contributed by atoms with van der Waals surface area (Å²) in [5.74, 6) is 0.856. The van der Waals surface area contributed by atoms with Crippen LogP contribution >= 0.6 is 43.2 Å². The molecule has 1 unspecified atom stereocenters. The van der Waals surface area contributed by atoms with E-state index >= 15 is 0 Å². The van der Waals surface area contributed by atoms with Gasteiger partial charge in [-0.05, 0) is 64.7 Å². The van der Waals surface area contributed by atoms with Crippen LogP contribution in [0.1, 0.15) is 22.0 Å². The number of benzene rings is 1. The molecule has 0 radical (unpaired) electrons. The van der Waals surface area contributed by atoms with Gasteiger partial charge in [-0.2, -0.15) is 0 Å². The minimum atomic E-state index is -0.00148. The second-order valence-corrected chi connectivity index (χ2v) is 7.63. The number of halogens is 2. The fourth-order valence-electron chi connectivity index (χ4n) is 1.84. The molecule has 2 aromatic rings. The Morgan fingerprint density at radius 2 is 2.05 bits per heavy atom. The maximum atomic E-state index is 6.30. The average molecular weight is 405 g/mol. The Kier molecular flexibility index (Phi) is 5.06. The molecule has 0 amide bonds. The summed E-state index contributed by atoms with van der Waals surface area (Å²) in [6.07, 6.45) is 0.782. The monoisotopic (exact) mass is 403 g/mol. The van der Waals surface area contributed by atoms with Crippen molar-refractivity contribution in [1.29, 1.82) is 0 Å². The molecule has 0 bridgehead atoms. The fraction of sp³-hybridized carbons (Fsp3) is 0.286. The van der Waals surface area contributed by atoms with E-state index in [0.717, 1.165) is 26.0 Å². The largest absolute Gasteiger partial charge is 0.497 e. The maximum Gasteiger partial charge on any atom is 0.119 e. The number of nitrogens with two attached hydrogens (primary N) is 1. The molecule has 0 saturated carbocycles. The summed E-state index contributed by atoms with van der Waals surface area (Å²) in [5, 5.41) is 0. The molecule has 0 spiro atoms. The lowest BCUT2D eigenvalue weighted by Gasteiger charge is -2.12. The van der Waals surface area contributed by atoms with Crippen LogP contribution in [0.4, 0.5) is 0 Å². The minimum absolute atomic E-state index is 0.00148. The first-order chi connectivity index (χ1) is 9.01. The van der Waals surface area contributed by atoms with Gasteiger partial charge in [0.05, 0.1) is 10.9 Å². The van der Waals surface area contributed by atoms with Gasteiger partial charge < -0.3 is 10.5 Å². The van der Waals surface area contributed by atoms with E-state index in [4.69, 9.17) is 10.5 Å². The van der Waals surface area contributed by atoms with Crippen LogP contribution in [-0.2, 0) is 6.42 Å². The molecule has 0 aliphatic heterocycles. The van der Waals surface area contributed by atoms with E-state index in [9.17, 15) is 0 Å². The summed E-state index contributed by atoms with van der Waals surface area (Å²) in [6.45, 7) is 2.08. The fourth-order valence-corrected chi connectivity index (χ4v) is 3.82. The van der Waals surface area contributed by atoms with Crippen molar-refractivity contribution in [3.8, 4) is 5.75 Å². The Labute approximate surface area is 134 Å². The molecular weight excluding hydrogens is 390 g/mol. The molecule has 19 heavy (non-hydrogen) atoms. The van der Waals surface area contributed by atoms with E-state index in [1.807, 2.05) is 18.2 Å². The number of methoxy groups -OCH3 is 1. The number of hydrogen-bond acceptors (Lipinski definition) is 3. The number of rotatable bonds is 4. The molecular formula is C14H15Br2NOS. The lowest BCUT2D eigenvalue weighted by Crippen LogP contribution is -2.12. The average Bonchev–Trinajstić information content (AvgIpc) is 2.72. The normalized spacial score (nSPS) is 12.5. The quantitative estimate of drug-likeness (QED) is 0.791. The van der Waals surface area contributed by atoms with Crippen LogP contribution in [0.5, 0.6) is 5.75 Å². The van der Waals surface area contributed by atoms with E-state index in [0.29, 0.717) is 0 Å². The van der Waals surface area contributed by atoms with Crippen LogP contribution in [0.3, 0.4) is 0 Å². The van der Waals surface area contributed by atoms with Crippen molar-refractivity contribution in [3.63, 3.8) is 0 Å². The van der Waals surface area contributed by atoms with Gasteiger partial charge in [-0.1, -0.05) is 15.9 Å². The molecule has 1 atom stereocenters. The molecule has 0 aliphatic carbocycles. The Morgan fingerprint density at radius 3 is 2.63 bits per heavy atom. The number of ether oxygens (including phenoxy) is 1. The molecule has 0 saturated heterocycles. The van der Waals surface area contributed by atoms with Crippen LogP contribution in [0.25, 0.3) is 0 Å². The zero-order chi connectivity index (χ0) is 14.0. The van der Waals surface area contributed by atoms with Gasteiger partial charge in [-0.25, -0.2) is 0 Å². The summed E-state index contributed by atoms with van der Waals surface area (Å²) in [6, 6.07) is 8.10. The molecule has 102 valence electrons. The van der Waals surface area contributed by atoms with Crippen LogP contribution in [-0.4, -0.2) is 7.11 Å². The predicted octanol–water partition coefficient (Wildman–Crippen LogP) is 4.83. The first kappa shape index (κ1) is 15.0. The van der Waals surface area contributed by atoms with Crippen molar-refractivity contribution in [1.82, 2.24) is 0 Å². The molecule has 0 aliphatic rings. The smallest absolute Gasteiger partial charge is 0.119 e. The molecule has 1 aromatic heterocycles. The van der Waals surface area contributed by atoms with E-state index in [1.165, 1.54) is 10.4 Å². The lowest BCUT2D eigenvalue weighted by molar-refractivity contribution is 0.414. The molecule has 0 fully saturated rings. The lowest BCUT2D eigenvalue weighted by atomic mass is 10.0. The second-order valence-electron chi connectivity index (χ2n) is 4.37. The topological polar surface area (TPSA) is 35.2 Å². The van der Waals surface area contributed by atoms with Gasteiger partial charge in [0.15, 0.2) is 0 Å². The highest BCUT2D eigenvalue weighted by Crippen LogP contribution is 2.33. The van der Waals surface area contributed by atoms with E-state index < -0.39 is 0 Å². The van der Waals surface area contributed by atoms with Gasteiger partial charge in [0.25, 0.3) is 0 Å². The Bertz CT molecular complexity index is 563. The van der Waals surface area contributed by atoms with Crippen LogP contribution in [0, 0.1) is 6.92 Å². The third-order valence-corrected chi connectivity index (χ3v) is 5.98. The summed E-state index contributed by atoms with van der Waals surface area (Å²) >= 11 is 8.81. The van der Waals surface area contributed by atoms with Crippen molar-refractivity contribution in [3.05, 3.63) is 48.5 Å². The zero-order valence-electron chi connectivity index (χ0n) is 10.7. The van der Waals surface area contributed by atoms with Crippen molar-refractivity contribution in [2.45, 2.75) is 19.4 Å². The second kappa shape index (κ2) is 6.39. The van der Waals surface area contributed by atoms with E-state index in [1.54, 1.807) is 18.4 Å². The molecule has 1 heterocycles. The van der Waals surface area contributed by atoms with Crippen molar-refractivity contribution >= 4 is 43.2 Å². The zero-order valence-corrected chi connectivity index (χ0v) is 14.7. The number of aryl methyl sites for hydroxylation is 1.